The average molecular weight is 494 g/mol. The first kappa shape index (κ1) is 25.9. The molecule has 0 aromatic heterocycles. The maximum absolute atomic E-state index is 13.6. The highest BCUT2D eigenvalue weighted by Gasteiger charge is 2.52. The van der Waals surface area contributed by atoms with Crippen molar-refractivity contribution in [3.63, 3.8) is 0 Å². The van der Waals surface area contributed by atoms with E-state index in [9.17, 15) is 14.7 Å². The van der Waals surface area contributed by atoms with Crippen LogP contribution < -0.4 is 20.3 Å². The Morgan fingerprint density at radius 1 is 1.31 bits per heavy atom. The van der Waals surface area contributed by atoms with Gasteiger partial charge in [0.1, 0.15) is 5.75 Å². The van der Waals surface area contributed by atoms with Gasteiger partial charge in [-0.25, -0.2) is 0 Å². The van der Waals surface area contributed by atoms with Gasteiger partial charge in [-0.15, -0.1) is 0 Å². The van der Waals surface area contributed by atoms with Crippen LogP contribution in [0.4, 0.5) is 11.4 Å². The molecule has 2 heterocycles. The third-order valence-corrected chi connectivity index (χ3v) is 7.09. The molecule has 1 unspecified atom stereocenters. The summed E-state index contributed by atoms with van der Waals surface area (Å²) in [6.07, 6.45) is 5.86. The van der Waals surface area contributed by atoms with E-state index in [-0.39, 0.29) is 25.0 Å². The molecule has 4 N–H and O–H groups in total. The fraction of sp³-hybridized carbons (Fsp3) is 0.429. The second-order valence-corrected chi connectivity index (χ2v) is 9.50. The number of anilines is 2. The summed E-state index contributed by atoms with van der Waals surface area (Å²) in [6, 6.07) is 12.7. The van der Waals surface area contributed by atoms with Gasteiger partial charge >= 0.3 is 0 Å². The largest absolute Gasteiger partial charge is 0.497 e. The van der Waals surface area contributed by atoms with E-state index in [2.05, 4.69) is 10.6 Å². The first-order valence-corrected chi connectivity index (χ1v) is 12.5. The first-order valence-electron chi connectivity index (χ1n) is 12.5. The lowest BCUT2D eigenvalue weighted by molar-refractivity contribution is -0.139. The molecule has 2 amide bonds. The van der Waals surface area contributed by atoms with Crippen LogP contribution in [0.15, 0.2) is 54.6 Å². The Labute approximate surface area is 212 Å². The van der Waals surface area contributed by atoms with Crippen LogP contribution in [0.2, 0.25) is 0 Å². The van der Waals surface area contributed by atoms with Crippen molar-refractivity contribution in [3.05, 3.63) is 65.7 Å². The van der Waals surface area contributed by atoms with Gasteiger partial charge in [-0.05, 0) is 61.7 Å². The monoisotopic (exact) mass is 493 g/mol. The molecule has 1 saturated heterocycles. The number of amides is 2. The standard InChI is InChI=1S/C28H35N3O5/c1-19(6-3-4-15-32)28(35)24-16-23(36-2)12-13-25(24)31(27(28)34)18-20-8-10-22(11-9-20)30-26(33)21-7-5-14-29-17-21/h3,6,8-13,16,19,21,29,32,35H,4-5,7,14-15,17-18H2,1-2H3,(H,30,33)/b6-3+/t19-,21?,28+/m0/s1. The predicted octanol–water partition coefficient (Wildman–Crippen LogP) is 2.94. The van der Waals surface area contributed by atoms with Crippen molar-refractivity contribution in [1.29, 1.82) is 0 Å². The van der Waals surface area contributed by atoms with E-state index in [1.165, 1.54) is 0 Å². The number of hydrogen-bond donors (Lipinski definition) is 4. The molecule has 3 atom stereocenters. The zero-order chi connectivity index (χ0) is 25.7. The Balaban J connectivity index is 1.54. The Kier molecular flexibility index (Phi) is 8.08. The van der Waals surface area contributed by atoms with Crippen LogP contribution in [-0.2, 0) is 21.7 Å². The van der Waals surface area contributed by atoms with Crippen molar-refractivity contribution in [2.75, 3.05) is 37.0 Å². The maximum Gasteiger partial charge on any atom is 0.264 e. The molecule has 0 aliphatic carbocycles. The Morgan fingerprint density at radius 2 is 2.08 bits per heavy atom. The molecule has 2 aliphatic heterocycles. The summed E-state index contributed by atoms with van der Waals surface area (Å²) in [7, 11) is 1.55. The van der Waals surface area contributed by atoms with Crippen molar-refractivity contribution < 1.29 is 24.5 Å². The number of ether oxygens (including phenoxy) is 1. The van der Waals surface area contributed by atoms with Crippen molar-refractivity contribution in [1.82, 2.24) is 5.32 Å². The Hall–Kier alpha value is -3.20. The number of carbonyl (C=O) groups excluding carboxylic acids is 2. The number of nitrogens with one attached hydrogen (secondary N) is 2. The summed E-state index contributed by atoms with van der Waals surface area (Å²) in [6.45, 7) is 3.71. The number of benzene rings is 2. The number of piperidine rings is 1. The third-order valence-electron chi connectivity index (χ3n) is 7.09. The van der Waals surface area contributed by atoms with Gasteiger partial charge in [0.25, 0.3) is 5.91 Å². The SMILES string of the molecule is COc1ccc2c(c1)[C@](O)([C@@H](C)/C=C/CCO)C(=O)N2Cc1ccc(NC(=O)C2CCCNC2)cc1. The molecule has 0 spiro atoms. The predicted molar refractivity (Wildman–Crippen MR) is 139 cm³/mol. The van der Waals surface area contributed by atoms with E-state index < -0.39 is 17.4 Å². The van der Waals surface area contributed by atoms with Gasteiger partial charge in [0.15, 0.2) is 5.60 Å². The summed E-state index contributed by atoms with van der Waals surface area (Å²) in [5, 5.41) is 27.0. The fourth-order valence-electron chi connectivity index (χ4n) is 4.92. The minimum absolute atomic E-state index is 0.000124. The van der Waals surface area contributed by atoms with E-state index in [0.717, 1.165) is 24.9 Å². The molecule has 4 rings (SSSR count). The lowest BCUT2D eigenvalue weighted by Crippen LogP contribution is -2.44. The molecule has 0 bridgehead atoms. The number of aliphatic hydroxyl groups is 2. The summed E-state index contributed by atoms with van der Waals surface area (Å²) in [5.74, 6) is -0.379. The second-order valence-electron chi connectivity index (χ2n) is 9.50. The van der Waals surface area contributed by atoms with Gasteiger partial charge in [-0.1, -0.05) is 31.2 Å². The lowest BCUT2D eigenvalue weighted by Gasteiger charge is -2.28. The quantitative estimate of drug-likeness (QED) is 0.400. The van der Waals surface area contributed by atoms with Gasteiger partial charge in [0.2, 0.25) is 5.91 Å². The average Bonchev–Trinajstić information content (AvgIpc) is 3.12. The number of methoxy groups -OCH3 is 1. The van der Waals surface area contributed by atoms with Gasteiger partial charge in [-0.3, -0.25) is 9.59 Å². The molecule has 0 radical (unpaired) electrons. The van der Waals surface area contributed by atoms with Gasteiger partial charge in [-0.2, -0.15) is 0 Å². The van der Waals surface area contributed by atoms with Crippen molar-refractivity contribution in [2.24, 2.45) is 11.8 Å². The summed E-state index contributed by atoms with van der Waals surface area (Å²) in [4.78, 5) is 27.8. The third kappa shape index (κ3) is 5.16. The molecule has 8 heteroatoms. The zero-order valence-corrected chi connectivity index (χ0v) is 20.9. The van der Waals surface area contributed by atoms with Gasteiger partial charge in [0.05, 0.1) is 25.3 Å². The molecule has 0 saturated carbocycles. The molecule has 1 fully saturated rings. The number of rotatable bonds is 9. The molecule has 2 aromatic carbocycles. The topological polar surface area (TPSA) is 111 Å². The van der Waals surface area contributed by atoms with Crippen LogP contribution >= 0.6 is 0 Å². The number of fused-ring (bicyclic) bond motifs is 1. The Bertz CT molecular complexity index is 1110. The van der Waals surface area contributed by atoms with Gasteiger partial charge < -0.3 is 30.5 Å². The highest BCUT2D eigenvalue weighted by molar-refractivity contribution is 6.07. The summed E-state index contributed by atoms with van der Waals surface area (Å²) in [5.41, 5.74) is 0.963. The minimum Gasteiger partial charge on any atom is -0.497 e. The maximum atomic E-state index is 13.6. The number of aliphatic hydroxyl groups excluding tert-OH is 1. The Morgan fingerprint density at radius 3 is 2.75 bits per heavy atom. The smallest absolute Gasteiger partial charge is 0.264 e. The van der Waals surface area contributed by atoms with Crippen molar-refractivity contribution in [2.45, 2.75) is 38.3 Å². The highest BCUT2D eigenvalue weighted by atomic mass is 16.5. The van der Waals surface area contributed by atoms with E-state index in [0.29, 0.717) is 35.7 Å². The second kappa shape index (κ2) is 11.2. The van der Waals surface area contributed by atoms with Crippen LogP contribution in [0.25, 0.3) is 0 Å². The lowest BCUT2D eigenvalue weighted by atomic mass is 9.83. The summed E-state index contributed by atoms with van der Waals surface area (Å²) < 4.78 is 5.36. The zero-order valence-electron chi connectivity index (χ0n) is 20.9. The highest BCUT2D eigenvalue weighted by Crippen LogP contribution is 2.47. The van der Waals surface area contributed by atoms with E-state index in [1.807, 2.05) is 24.3 Å². The van der Waals surface area contributed by atoms with Crippen molar-refractivity contribution in [3.8, 4) is 5.75 Å². The normalized spacial score (nSPS) is 22.5. The summed E-state index contributed by atoms with van der Waals surface area (Å²) >= 11 is 0. The first-order chi connectivity index (χ1) is 17.4. The van der Waals surface area contributed by atoms with Crippen molar-refractivity contribution >= 4 is 23.2 Å². The van der Waals surface area contributed by atoms with E-state index >= 15 is 0 Å². The number of nitrogens with zero attached hydrogens (tertiary/aromatic N) is 1. The van der Waals surface area contributed by atoms with E-state index in [4.69, 9.17) is 9.84 Å². The molecule has 36 heavy (non-hydrogen) atoms. The number of hydrogen-bond acceptors (Lipinski definition) is 6. The molecule has 2 aromatic rings. The van der Waals surface area contributed by atoms with Gasteiger partial charge in [0, 0.05) is 30.3 Å². The van der Waals surface area contributed by atoms with Crippen LogP contribution in [0.5, 0.6) is 5.75 Å². The van der Waals surface area contributed by atoms with Crippen LogP contribution in [0, 0.1) is 11.8 Å². The fourth-order valence-corrected chi connectivity index (χ4v) is 4.92. The molecule has 192 valence electrons. The van der Waals surface area contributed by atoms with E-state index in [1.54, 1.807) is 49.3 Å². The van der Waals surface area contributed by atoms with Crippen LogP contribution in [0.1, 0.15) is 37.3 Å². The van der Waals surface area contributed by atoms with Crippen LogP contribution in [-0.4, -0.2) is 48.8 Å². The molecule has 2 aliphatic rings. The number of carbonyl (C=O) groups is 2. The van der Waals surface area contributed by atoms with Crippen LogP contribution in [0.3, 0.4) is 0 Å². The molecular weight excluding hydrogens is 458 g/mol. The molecule has 8 nitrogen and oxygen atoms in total. The minimum atomic E-state index is -1.75. The molecular formula is C28H35N3O5.